The Labute approximate surface area is 130 Å². The van der Waals surface area contributed by atoms with Gasteiger partial charge in [-0.15, -0.1) is 0 Å². The first-order valence-corrected chi connectivity index (χ1v) is 8.17. The van der Waals surface area contributed by atoms with Crippen LogP contribution in [0, 0.1) is 12.8 Å². The molecule has 22 heavy (non-hydrogen) atoms. The molecule has 1 saturated heterocycles. The van der Waals surface area contributed by atoms with Gasteiger partial charge < -0.3 is 14.4 Å². The van der Waals surface area contributed by atoms with Gasteiger partial charge in [0.15, 0.2) is 0 Å². The Morgan fingerprint density at radius 3 is 2.77 bits per heavy atom. The van der Waals surface area contributed by atoms with Gasteiger partial charge >= 0.3 is 5.97 Å². The van der Waals surface area contributed by atoms with E-state index in [9.17, 15) is 9.59 Å². The number of rotatable bonds is 3. The zero-order valence-electron chi connectivity index (χ0n) is 13.0. The highest BCUT2D eigenvalue weighted by atomic mass is 16.4. The van der Waals surface area contributed by atoms with Gasteiger partial charge in [0.1, 0.15) is 12.2 Å². The Morgan fingerprint density at radius 1 is 1.27 bits per heavy atom. The number of carbonyl (C=O) groups is 2. The molecule has 0 spiro atoms. The van der Waals surface area contributed by atoms with Crippen LogP contribution in [0.4, 0.5) is 0 Å². The van der Waals surface area contributed by atoms with Gasteiger partial charge in [-0.2, -0.15) is 0 Å². The fraction of sp³-hybridized carbons (Fsp3) is 0.647. The first kappa shape index (κ1) is 15.1. The van der Waals surface area contributed by atoms with Crippen LogP contribution in [0.5, 0.6) is 0 Å². The number of carbonyl (C=O) groups excluding carboxylic acids is 1. The zero-order chi connectivity index (χ0) is 15.7. The first-order valence-electron chi connectivity index (χ1n) is 8.17. The lowest BCUT2D eigenvalue weighted by atomic mass is 9.78. The minimum Gasteiger partial charge on any atom is -0.481 e. The van der Waals surface area contributed by atoms with Crippen LogP contribution in [0.25, 0.3) is 0 Å². The molecule has 0 aromatic carbocycles. The van der Waals surface area contributed by atoms with E-state index in [1.807, 2.05) is 11.8 Å². The maximum atomic E-state index is 13.0. The third kappa shape index (κ3) is 2.76. The Kier molecular flexibility index (Phi) is 4.23. The number of piperidine rings is 1. The van der Waals surface area contributed by atoms with Crippen molar-refractivity contribution in [3.63, 3.8) is 0 Å². The summed E-state index contributed by atoms with van der Waals surface area (Å²) in [5, 5.41) is 9.00. The van der Waals surface area contributed by atoms with Crippen LogP contribution in [0.2, 0.25) is 0 Å². The lowest BCUT2D eigenvalue weighted by molar-refractivity contribution is -0.136. The smallest absolute Gasteiger partial charge is 0.311 e. The molecular weight excluding hydrogens is 282 g/mol. The topological polar surface area (TPSA) is 70.7 Å². The number of hydrogen-bond acceptors (Lipinski definition) is 3. The molecule has 0 unspecified atom stereocenters. The van der Waals surface area contributed by atoms with Crippen molar-refractivity contribution in [2.75, 3.05) is 6.54 Å². The molecule has 2 aliphatic rings. The third-order valence-electron chi connectivity index (χ3n) is 5.08. The van der Waals surface area contributed by atoms with E-state index >= 15 is 0 Å². The van der Waals surface area contributed by atoms with Crippen molar-refractivity contribution < 1.29 is 19.1 Å². The number of carboxylic acid groups (broad SMARTS) is 1. The maximum Gasteiger partial charge on any atom is 0.311 e. The van der Waals surface area contributed by atoms with Crippen molar-refractivity contribution in [3.05, 3.63) is 23.2 Å². The molecule has 120 valence electrons. The summed E-state index contributed by atoms with van der Waals surface area (Å²) in [6, 6.07) is 0.321. The number of hydrogen-bond donors (Lipinski definition) is 1. The summed E-state index contributed by atoms with van der Waals surface area (Å²) in [5.41, 5.74) is 1.20. The lowest BCUT2D eigenvalue weighted by Gasteiger charge is -2.44. The second-order valence-electron chi connectivity index (χ2n) is 6.54. The molecule has 0 radical (unpaired) electrons. The molecule has 2 fully saturated rings. The third-order valence-corrected chi connectivity index (χ3v) is 5.08. The van der Waals surface area contributed by atoms with Gasteiger partial charge in [0.25, 0.3) is 5.91 Å². The van der Waals surface area contributed by atoms with E-state index < -0.39 is 5.97 Å². The fourth-order valence-electron chi connectivity index (χ4n) is 4.07. The van der Waals surface area contributed by atoms with Gasteiger partial charge in [0, 0.05) is 18.2 Å². The van der Waals surface area contributed by atoms with Crippen LogP contribution in [-0.2, 0) is 11.2 Å². The average molecular weight is 305 g/mol. The van der Waals surface area contributed by atoms with Gasteiger partial charge in [-0.1, -0.05) is 12.8 Å². The van der Waals surface area contributed by atoms with E-state index in [0.29, 0.717) is 17.5 Å². The van der Waals surface area contributed by atoms with Crippen LogP contribution in [0.1, 0.15) is 60.2 Å². The Hall–Kier alpha value is -1.78. The SMILES string of the molecule is Cc1coc(CC(=O)O)c1C(=O)N1CCC[C@H]2CCCC[C@H]21. The highest BCUT2D eigenvalue weighted by molar-refractivity contribution is 5.97. The zero-order valence-corrected chi connectivity index (χ0v) is 13.0. The summed E-state index contributed by atoms with van der Waals surface area (Å²) in [4.78, 5) is 26.0. The standard InChI is InChI=1S/C17H23NO4/c1-11-10-22-14(9-15(19)20)16(11)17(21)18-8-4-6-12-5-2-3-7-13(12)18/h10,12-13H,2-9H2,1H3,(H,19,20)/t12-,13-/m1/s1. The van der Waals surface area contributed by atoms with Crippen molar-refractivity contribution in [1.82, 2.24) is 4.90 Å². The van der Waals surface area contributed by atoms with Crippen LogP contribution in [0.15, 0.2) is 10.7 Å². The van der Waals surface area contributed by atoms with Crippen molar-refractivity contribution in [3.8, 4) is 0 Å². The number of amides is 1. The highest BCUT2D eigenvalue weighted by Crippen LogP contribution is 2.36. The normalized spacial score (nSPS) is 24.9. The molecule has 1 N–H and O–H groups in total. The molecule has 1 aromatic rings. The molecule has 1 amide bonds. The predicted octanol–water partition coefficient (Wildman–Crippen LogP) is 3.01. The fourth-order valence-corrected chi connectivity index (χ4v) is 4.07. The molecule has 1 aromatic heterocycles. The average Bonchev–Trinajstić information content (AvgIpc) is 2.86. The number of likely N-dealkylation sites (tertiary alicyclic amines) is 1. The van der Waals surface area contributed by atoms with Crippen molar-refractivity contribution in [2.45, 2.75) is 57.9 Å². The van der Waals surface area contributed by atoms with Crippen LogP contribution in [0.3, 0.4) is 0 Å². The molecule has 5 nitrogen and oxygen atoms in total. The molecule has 2 atom stereocenters. The number of carboxylic acids is 1. The molecule has 2 heterocycles. The number of fused-ring (bicyclic) bond motifs is 1. The molecule has 1 aliphatic heterocycles. The molecule has 5 heteroatoms. The van der Waals surface area contributed by atoms with Gasteiger partial charge in [-0.25, -0.2) is 0 Å². The minimum absolute atomic E-state index is 0.0425. The summed E-state index contributed by atoms with van der Waals surface area (Å²) >= 11 is 0. The van der Waals surface area contributed by atoms with Crippen molar-refractivity contribution >= 4 is 11.9 Å². The summed E-state index contributed by atoms with van der Waals surface area (Å²) in [5.74, 6) is -0.119. The quantitative estimate of drug-likeness (QED) is 0.932. The van der Waals surface area contributed by atoms with Crippen LogP contribution in [-0.4, -0.2) is 34.5 Å². The Balaban J connectivity index is 1.86. The molecule has 0 bridgehead atoms. The molecule has 3 rings (SSSR count). The predicted molar refractivity (Wildman–Crippen MR) is 80.8 cm³/mol. The van der Waals surface area contributed by atoms with E-state index in [2.05, 4.69) is 0 Å². The number of nitrogens with zero attached hydrogens (tertiary/aromatic N) is 1. The summed E-state index contributed by atoms with van der Waals surface area (Å²) < 4.78 is 5.33. The van der Waals surface area contributed by atoms with E-state index in [-0.39, 0.29) is 18.1 Å². The van der Waals surface area contributed by atoms with E-state index in [1.54, 1.807) is 0 Å². The van der Waals surface area contributed by atoms with E-state index in [4.69, 9.17) is 9.52 Å². The van der Waals surface area contributed by atoms with Gasteiger partial charge in [-0.05, 0) is 38.5 Å². The van der Waals surface area contributed by atoms with Gasteiger partial charge in [0.05, 0.1) is 11.8 Å². The number of aliphatic carboxylic acids is 1. The van der Waals surface area contributed by atoms with Crippen molar-refractivity contribution in [1.29, 1.82) is 0 Å². The van der Waals surface area contributed by atoms with Gasteiger partial charge in [0.2, 0.25) is 0 Å². The van der Waals surface area contributed by atoms with E-state index in [1.165, 1.54) is 31.9 Å². The maximum absolute atomic E-state index is 13.0. The number of aryl methyl sites for hydroxylation is 1. The highest BCUT2D eigenvalue weighted by Gasteiger charge is 2.37. The second-order valence-corrected chi connectivity index (χ2v) is 6.54. The lowest BCUT2D eigenvalue weighted by Crippen LogP contribution is -2.49. The second kappa shape index (κ2) is 6.15. The van der Waals surface area contributed by atoms with Gasteiger partial charge in [-0.3, -0.25) is 9.59 Å². The Bertz CT molecular complexity index is 575. The molecule has 1 saturated carbocycles. The number of furan rings is 1. The first-order chi connectivity index (χ1) is 10.6. The van der Waals surface area contributed by atoms with Crippen LogP contribution >= 0.6 is 0 Å². The largest absolute Gasteiger partial charge is 0.481 e. The molecular formula is C17H23NO4. The Morgan fingerprint density at radius 2 is 2.00 bits per heavy atom. The molecule has 1 aliphatic carbocycles. The minimum atomic E-state index is -0.974. The van der Waals surface area contributed by atoms with E-state index in [0.717, 1.165) is 24.9 Å². The van der Waals surface area contributed by atoms with Crippen LogP contribution < -0.4 is 0 Å². The summed E-state index contributed by atoms with van der Waals surface area (Å²) in [6.45, 7) is 2.58. The van der Waals surface area contributed by atoms with Crippen molar-refractivity contribution in [2.24, 2.45) is 5.92 Å². The summed E-state index contributed by atoms with van der Waals surface area (Å²) in [6.07, 6.45) is 8.22. The monoisotopic (exact) mass is 305 g/mol. The summed E-state index contributed by atoms with van der Waals surface area (Å²) in [7, 11) is 0.